The third kappa shape index (κ3) is 2.85. The third-order valence-corrected chi connectivity index (χ3v) is 1.97. The van der Waals surface area contributed by atoms with Crippen molar-refractivity contribution in [1.29, 1.82) is 0 Å². The summed E-state index contributed by atoms with van der Waals surface area (Å²) in [4.78, 5) is 14.5. The minimum absolute atomic E-state index is 0.356. The van der Waals surface area contributed by atoms with E-state index >= 15 is 0 Å². The Morgan fingerprint density at radius 3 is 2.79 bits per heavy atom. The average Bonchev–Trinajstić information content (AvgIpc) is 2.16. The van der Waals surface area contributed by atoms with Crippen molar-refractivity contribution in [2.45, 2.75) is 13.3 Å². The molecule has 14 heavy (non-hydrogen) atoms. The van der Waals surface area contributed by atoms with Crippen LogP contribution in [0.4, 0.5) is 0 Å². The molecule has 1 N–H and O–H groups in total. The van der Waals surface area contributed by atoms with Crippen LogP contribution in [0, 0.1) is 0 Å². The first-order valence-corrected chi connectivity index (χ1v) is 4.56. The minimum atomic E-state index is -0.901. The molecular formula is C10H10ClNO2. The normalized spacial score (nSPS) is 11.4. The molecule has 0 radical (unpaired) electrons. The monoisotopic (exact) mass is 211 g/mol. The molecule has 0 atom stereocenters. The first-order chi connectivity index (χ1) is 6.63. The van der Waals surface area contributed by atoms with Crippen molar-refractivity contribution < 1.29 is 9.90 Å². The Labute approximate surface area is 87.0 Å². The van der Waals surface area contributed by atoms with E-state index in [2.05, 4.69) is 4.98 Å². The zero-order valence-corrected chi connectivity index (χ0v) is 8.45. The highest BCUT2D eigenvalue weighted by Crippen LogP contribution is 2.11. The molecule has 4 heteroatoms. The van der Waals surface area contributed by atoms with Crippen molar-refractivity contribution in [2.75, 3.05) is 0 Å². The van der Waals surface area contributed by atoms with Crippen LogP contribution in [0.3, 0.4) is 0 Å². The summed E-state index contributed by atoms with van der Waals surface area (Å²) in [5.41, 5.74) is 1.10. The van der Waals surface area contributed by atoms with E-state index in [0.717, 1.165) is 5.56 Å². The summed E-state index contributed by atoms with van der Waals surface area (Å²) in [6.07, 6.45) is 3.62. The topological polar surface area (TPSA) is 50.2 Å². The SMILES string of the molecule is CCC(=Cc1ccc(Cl)nc1)C(=O)O. The van der Waals surface area contributed by atoms with E-state index in [9.17, 15) is 4.79 Å². The van der Waals surface area contributed by atoms with Gasteiger partial charge in [-0.1, -0.05) is 24.6 Å². The van der Waals surface area contributed by atoms with Gasteiger partial charge in [-0.15, -0.1) is 0 Å². The number of aliphatic carboxylic acids is 1. The summed E-state index contributed by atoms with van der Waals surface area (Å²) in [6.45, 7) is 1.79. The lowest BCUT2D eigenvalue weighted by Crippen LogP contribution is -1.98. The van der Waals surface area contributed by atoms with Crippen LogP contribution in [0.15, 0.2) is 23.9 Å². The molecule has 74 valence electrons. The number of pyridine rings is 1. The summed E-state index contributed by atoms with van der Waals surface area (Å²) in [6, 6.07) is 3.36. The van der Waals surface area contributed by atoms with Gasteiger partial charge in [0.05, 0.1) is 0 Å². The Balaban J connectivity index is 2.95. The van der Waals surface area contributed by atoms with Gasteiger partial charge in [0.1, 0.15) is 5.15 Å². The van der Waals surface area contributed by atoms with Crippen LogP contribution in [0.5, 0.6) is 0 Å². The molecule has 1 heterocycles. The third-order valence-electron chi connectivity index (χ3n) is 1.75. The molecule has 0 spiro atoms. The summed E-state index contributed by atoms with van der Waals surface area (Å²) >= 11 is 5.60. The first-order valence-electron chi connectivity index (χ1n) is 4.19. The molecule has 0 aromatic carbocycles. The molecule has 0 bridgehead atoms. The maximum Gasteiger partial charge on any atom is 0.331 e. The van der Waals surface area contributed by atoms with E-state index in [1.807, 2.05) is 0 Å². The van der Waals surface area contributed by atoms with Crippen LogP contribution in [-0.4, -0.2) is 16.1 Å². The van der Waals surface area contributed by atoms with Crippen molar-refractivity contribution >= 4 is 23.6 Å². The Morgan fingerprint density at radius 2 is 2.36 bits per heavy atom. The minimum Gasteiger partial charge on any atom is -0.478 e. The van der Waals surface area contributed by atoms with Gasteiger partial charge >= 0.3 is 5.97 Å². The highest BCUT2D eigenvalue weighted by Gasteiger charge is 2.03. The molecule has 0 amide bonds. The van der Waals surface area contributed by atoms with Crippen LogP contribution in [0.2, 0.25) is 5.15 Å². The maximum absolute atomic E-state index is 10.7. The van der Waals surface area contributed by atoms with Crippen molar-refractivity contribution in [1.82, 2.24) is 4.98 Å². The number of halogens is 1. The van der Waals surface area contributed by atoms with Crippen molar-refractivity contribution in [3.8, 4) is 0 Å². The highest BCUT2D eigenvalue weighted by molar-refractivity contribution is 6.29. The lowest BCUT2D eigenvalue weighted by molar-refractivity contribution is -0.132. The average molecular weight is 212 g/mol. The molecule has 0 unspecified atom stereocenters. The summed E-state index contributed by atoms with van der Waals surface area (Å²) in [7, 11) is 0. The van der Waals surface area contributed by atoms with Gasteiger partial charge in [-0.2, -0.15) is 0 Å². The van der Waals surface area contributed by atoms with Crippen molar-refractivity contribution in [2.24, 2.45) is 0 Å². The number of carbonyl (C=O) groups is 1. The summed E-state index contributed by atoms with van der Waals surface area (Å²) in [5.74, 6) is -0.901. The second kappa shape index (κ2) is 4.77. The first kappa shape index (κ1) is 10.7. The fraction of sp³-hybridized carbons (Fsp3) is 0.200. The number of aromatic nitrogens is 1. The van der Waals surface area contributed by atoms with Gasteiger partial charge in [0.15, 0.2) is 0 Å². The zero-order valence-electron chi connectivity index (χ0n) is 7.70. The fourth-order valence-corrected chi connectivity index (χ4v) is 1.10. The van der Waals surface area contributed by atoms with E-state index in [1.54, 1.807) is 31.3 Å². The molecule has 0 saturated carbocycles. The highest BCUT2D eigenvalue weighted by atomic mass is 35.5. The molecule has 0 saturated heterocycles. The number of hydrogen-bond acceptors (Lipinski definition) is 2. The smallest absolute Gasteiger partial charge is 0.331 e. The fourth-order valence-electron chi connectivity index (χ4n) is 0.989. The largest absolute Gasteiger partial charge is 0.478 e. The van der Waals surface area contributed by atoms with Crippen LogP contribution < -0.4 is 0 Å². The van der Waals surface area contributed by atoms with Crippen molar-refractivity contribution in [3.05, 3.63) is 34.6 Å². The number of nitrogens with zero attached hydrogens (tertiary/aromatic N) is 1. The molecular weight excluding hydrogens is 202 g/mol. The molecule has 0 aliphatic carbocycles. The van der Waals surface area contributed by atoms with Crippen LogP contribution in [0.1, 0.15) is 18.9 Å². The predicted molar refractivity (Wildman–Crippen MR) is 55.2 cm³/mol. The zero-order chi connectivity index (χ0) is 10.6. The molecule has 1 rings (SSSR count). The number of hydrogen-bond donors (Lipinski definition) is 1. The van der Waals surface area contributed by atoms with Gasteiger partial charge in [-0.05, 0) is 24.1 Å². The molecule has 3 nitrogen and oxygen atoms in total. The Kier molecular flexibility index (Phi) is 3.65. The van der Waals surface area contributed by atoms with Crippen LogP contribution >= 0.6 is 11.6 Å². The van der Waals surface area contributed by atoms with Crippen LogP contribution in [0.25, 0.3) is 6.08 Å². The van der Waals surface area contributed by atoms with Gasteiger partial charge < -0.3 is 5.11 Å². The van der Waals surface area contributed by atoms with Gasteiger partial charge in [-0.3, -0.25) is 0 Å². The molecule has 0 fully saturated rings. The second-order valence-corrected chi connectivity index (χ2v) is 3.13. The van der Waals surface area contributed by atoms with E-state index in [1.165, 1.54) is 0 Å². The number of carboxylic acid groups (broad SMARTS) is 1. The van der Waals surface area contributed by atoms with E-state index in [4.69, 9.17) is 16.7 Å². The van der Waals surface area contributed by atoms with Gasteiger partial charge in [0, 0.05) is 11.8 Å². The Bertz CT molecular complexity index is 357. The predicted octanol–water partition coefficient (Wildman–Crippen LogP) is 2.61. The van der Waals surface area contributed by atoms with Crippen LogP contribution in [-0.2, 0) is 4.79 Å². The van der Waals surface area contributed by atoms with Gasteiger partial charge in [0.2, 0.25) is 0 Å². The molecule has 1 aromatic rings. The van der Waals surface area contributed by atoms with Gasteiger partial charge in [0.25, 0.3) is 0 Å². The molecule has 0 aliphatic rings. The lowest BCUT2D eigenvalue weighted by atomic mass is 10.1. The van der Waals surface area contributed by atoms with E-state index in [0.29, 0.717) is 17.1 Å². The maximum atomic E-state index is 10.7. The van der Waals surface area contributed by atoms with Crippen molar-refractivity contribution in [3.63, 3.8) is 0 Å². The van der Waals surface area contributed by atoms with E-state index in [-0.39, 0.29) is 0 Å². The standard InChI is InChI=1S/C10H10ClNO2/c1-2-8(10(13)14)5-7-3-4-9(11)12-6-7/h3-6H,2H2,1H3,(H,13,14). The molecule has 1 aromatic heterocycles. The number of carboxylic acids is 1. The molecule has 0 aliphatic heterocycles. The quantitative estimate of drug-likeness (QED) is 0.618. The Hall–Kier alpha value is -1.35. The van der Waals surface area contributed by atoms with E-state index < -0.39 is 5.97 Å². The Morgan fingerprint density at radius 1 is 1.64 bits per heavy atom. The lowest BCUT2D eigenvalue weighted by Gasteiger charge is -1.97. The summed E-state index contributed by atoms with van der Waals surface area (Å²) in [5, 5.41) is 9.17. The number of rotatable bonds is 3. The summed E-state index contributed by atoms with van der Waals surface area (Å²) < 4.78 is 0. The second-order valence-electron chi connectivity index (χ2n) is 2.74. The van der Waals surface area contributed by atoms with Gasteiger partial charge in [-0.25, -0.2) is 9.78 Å².